The molecule has 0 heterocycles. The van der Waals surface area contributed by atoms with Gasteiger partial charge in [-0.2, -0.15) is 0 Å². The second-order valence-corrected chi connectivity index (χ2v) is 5.20. The molecule has 0 aromatic heterocycles. The molecule has 0 bridgehead atoms. The Morgan fingerprint density at radius 1 is 1.24 bits per heavy atom. The van der Waals surface area contributed by atoms with Crippen molar-refractivity contribution < 1.29 is 9.90 Å². The summed E-state index contributed by atoms with van der Waals surface area (Å²) in [6, 6.07) is 6.80. The molecule has 0 aliphatic heterocycles. The van der Waals surface area contributed by atoms with Gasteiger partial charge in [-0.25, -0.2) is 0 Å². The van der Waals surface area contributed by atoms with Crippen LogP contribution in [0.4, 0.5) is 5.69 Å². The van der Waals surface area contributed by atoms with E-state index in [1.165, 1.54) is 19.3 Å². The third-order valence-electron chi connectivity index (χ3n) is 4.26. The number of phenols is 1. The largest absolute Gasteiger partial charge is 0.508 e. The SMILES string of the molecule is CN(C(=O)C1C2CCCC21)c1ccc(O)cc1. The van der Waals surface area contributed by atoms with Gasteiger partial charge in [-0.15, -0.1) is 0 Å². The lowest BCUT2D eigenvalue weighted by atomic mass is 10.1. The highest BCUT2D eigenvalue weighted by Crippen LogP contribution is 2.58. The highest BCUT2D eigenvalue weighted by molar-refractivity contribution is 5.96. The molecular formula is C14H17NO2. The number of fused-ring (bicyclic) bond motifs is 1. The number of hydrogen-bond donors (Lipinski definition) is 1. The minimum absolute atomic E-state index is 0.234. The fraction of sp³-hybridized carbons (Fsp3) is 0.500. The summed E-state index contributed by atoms with van der Waals surface area (Å²) in [7, 11) is 1.82. The summed E-state index contributed by atoms with van der Waals surface area (Å²) in [6.45, 7) is 0. The molecule has 0 radical (unpaired) electrons. The van der Waals surface area contributed by atoms with Crippen molar-refractivity contribution in [2.24, 2.45) is 17.8 Å². The number of carbonyl (C=O) groups excluding carboxylic acids is 1. The van der Waals surface area contributed by atoms with E-state index in [0.717, 1.165) is 5.69 Å². The van der Waals surface area contributed by atoms with E-state index in [1.54, 1.807) is 29.2 Å². The quantitative estimate of drug-likeness (QED) is 0.849. The Kier molecular flexibility index (Phi) is 2.35. The average Bonchev–Trinajstić information content (AvgIpc) is 2.81. The molecule has 2 saturated carbocycles. The van der Waals surface area contributed by atoms with Crippen LogP contribution in [0.5, 0.6) is 5.75 Å². The van der Waals surface area contributed by atoms with Crippen molar-refractivity contribution in [1.29, 1.82) is 0 Å². The minimum Gasteiger partial charge on any atom is -0.508 e. The molecule has 17 heavy (non-hydrogen) atoms. The van der Waals surface area contributed by atoms with Gasteiger partial charge < -0.3 is 10.0 Å². The molecule has 2 aliphatic rings. The normalized spacial score (nSPS) is 29.8. The lowest BCUT2D eigenvalue weighted by Gasteiger charge is -2.18. The number of amides is 1. The number of aromatic hydroxyl groups is 1. The number of benzene rings is 1. The Labute approximate surface area is 101 Å². The second-order valence-electron chi connectivity index (χ2n) is 5.20. The standard InChI is InChI=1S/C14H17NO2/c1-15(9-5-7-10(16)8-6-9)14(17)13-11-3-2-4-12(11)13/h5-8,11-13,16H,2-4H2,1H3. The lowest BCUT2D eigenvalue weighted by molar-refractivity contribution is -0.120. The maximum Gasteiger partial charge on any atom is 0.230 e. The Bertz CT molecular complexity index is 430. The van der Waals surface area contributed by atoms with E-state index in [4.69, 9.17) is 0 Å². The summed E-state index contributed by atoms with van der Waals surface area (Å²) in [5.41, 5.74) is 0.859. The van der Waals surface area contributed by atoms with Gasteiger partial charge in [-0.1, -0.05) is 6.42 Å². The summed E-state index contributed by atoms with van der Waals surface area (Å²) >= 11 is 0. The number of nitrogens with zero attached hydrogens (tertiary/aromatic N) is 1. The van der Waals surface area contributed by atoms with Crippen molar-refractivity contribution in [3.05, 3.63) is 24.3 Å². The Hall–Kier alpha value is -1.51. The number of phenolic OH excluding ortho intramolecular Hbond substituents is 1. The molecule has 2 aliphatic carbocycles. The molecule has 1 aromatic rings. The average molecular weight is 231 g/mol. The molecule has 0 spiro atoms. The van der Waals surface area contributed by atoms with Crippen LogP contribution in [0, 0.1) is 17.8 Å². The number of rotatable bonds is 2. The third-order valence-corrected chi connectivity index (χ3v) is 4.26. The first-order valence-electron chi connectivity index (χ1n) is 6.25. The van der Waals surface area contributed by atoms with Crippen LogP contribution in [0.1, 0.15) is 19.3 Å². The van der Waals surface area contributed by atoms with Gasteiger partial charge in [0.15, 0.2) is 0 Å². The first kappa shape index (κ1) is 10.6. The van der Waals surface area contributed by atoms with Gasteiger partial charge >= 0.3 is 0 Å². The van der Waals surface area contributed by atoms with Crippen LogP contribution >= 0.6 is 0 Å². The van der Waals surface area contributed by atoms with Crippen LogP contribution in [0.3, 0.4) is 0 Å². The number of hydrogen-bond acceptors (Lipinski definition) is 2. The van der Waals surface area contributed by atoms with Crippen LogP contribution < -0.4 is 4.90 Å². The zero-order valence-corrected chi connectivity index (χ0v) is 9.97. The molecule has 2 fully saturated rings. The van der Waals surface area contributed by atoms with Crippen LogP contribution in [-0.2, 0) is 4.79 Å². The summed E-state index contributed by atoms with van der Waals surface area (Å²) in [6.07, 6.45) is 3.75. The summed E-state index contributed by atoms with van der Waals surface area (Å²) in [5.74, 6) is 2.05. The maximum atomic E-state index is 12.3. The van der Waals surface area contributed by atoms with E-state index < -0.39 is 0 Å². The van der Waals surface area contributed by atoms with Gasteiger partial charge in [-0.3, -0.25) is 4.79 Å². The lowest BCUT2D eigenvalue weighted by Crippen LogP contribution is -2.29. The monoisotopic (exact) mass is 231 g/mol. The van der Waals surface area contributed by atoms with Gasteiger partial charge in [0, 0.05) is 18.7 Å². The molecule has 3 heteroatoms. The fourth-order valence-electron chi connectivity index (χ4n) is 3.21. The number of anilines is 1. The molecule has 3 nitrogen and oxygen atoms in total. The molecule has 2 atom stereocenters. The Morgan fingerprint density at radius 3 is 2.41 bits per heavy atom. The molecule has 1 N–H and O–H groups in total. The molecule has 2 unspecified atom stereocenters. The van der Waals surface area contributed by atoms with Crippen molar-refractivity contribution >= 4 is 11.6 Å². The Balaban J connectivity index is 1.72. The Morgan fingerprint density at radius 2 is 1.82 bits per heavy atom. The van der Waals surface area contributed by atoms with Crippen molar-refractivity contribution in [2.75, 3.05) is 11.9 Å². The van der Waals surface area contributed by atoms with Crippen molar-refractivity contribution in [3.8, 4) is 5.75 Å². The smallest absolute Gasteiger partial charge is 0.230 e. The zero-order chi connectivity index (χ0) is 12.0. The van der Waals surface area contributed by atoms with Crippen molar-refractivity contribution in [1.82, 2.24) is 0 Å². The highest BCUT2D eigenvalue weighted by atomic mass is 16.3. The van der Waals surface area contributed by atoms with E-state index in [-0.39, 0.29) is 17.6 Å². The van der Waals surface area contributed by atoms with Crippen molar-refractivity contribution in [3.63, 3.8) is 0 Å². The van der Waals surface area contributed by atoms with Crippen LogP contribution in [0.15, 0.2) is 24.3 Å². The molecule has 1 amide bonds. The molecule has 0 saturated heterocycles. The van der Waals surface area contributed by atoms with Gasteiger partial charge in [0.05, 0.1) is 0 Å². The summed E-state index contributed by atoms with van der Waals surface area (Å²) in [5, 5.41) is 9.23. The van der Waals surface area contributed by atoms with E-state index in [0.29, 0.717) is 11.8 Å². The molecule has 1 aromatic carbocycles. The minimum atomic E-state index is 0.234. The second kappa shape index (κ2) is 3.76. The summed E-state index contributed by atoms with van der Waals surface area (Å²) in [4.78, 5) is 14.0. The van der Waals surface area contributed by atoms with Gasteiger partial charge in [0.2, 0.25) is 5.91 Å². The predicted molar refractivity (Wildman–Crippen MR) is 65.8 cm³/mol. The van der Waals surface area contributed by atoms with E-state index in [9.17, 15) is 9.90 Å². The zero-order valence-electron chi connectivity index (χ0n) is 9.97. The van der Waals surface area contributed by atoms with Crippen LogP contribution in [-0.4, -0.2) is 18.1 Å². The third kappa shape index (κ3) is 1.70. The van der Waals surface area contributed by atoms with Crippen molar-refractivity contribution in [2.45, 2.75) is 19.3 Å². The van der Waals surface area contributed by atoms with Gasteiger partial charge in [-0.05, 0) is 48.9 Å². The first-order valence-corrected chi connectivity index (χ1v) is 6.25. The van der Waals surface area contributed by atoms with Crippen LogP contribution in [0.25, 0.3) is 0 Å². The molecular weight excluding hydrogens is 214 g/mol. The highest BCUT2D eigenvalue weighted by Gasteiger charge is 2.57. The van der Waals surface area contributed by atoms with Gasteiger partial charge in [0.25, 0.3) is 0 Å². The van der Waals surface area contributed by atoms with E-state index in [2.05, 4.69) is 0 Å². The maximum absolute atomic E-state index is 12.3. The van der Waals surface area contributed by atoms with Gasteiger partial charge in [0.1, 0.15) is 5.75 Å². The fourth-order valence-corrected chi connectivity index (χ4v) is 3.21. The topological polar surface area (TPSA) is 40.5 Å². The summed E-state index contributed by atoms with van der Waals surface area (Å²) < 4.78 is 0. The first-order chi connectivity index (χ1) is 8.18. The number of carbonyl (C=O) groups is 1. The van der Waals surface area contributed by atoms with Crippen LogP contribution in [0.2, 0.25) is 0 Å². The predicted octanol–water partition coefficient (Wildman–Crippen LogP) is 2.40. The molecule has 3 rings (SSSR count). The van der Waals surface area contributed by atoms with E-state index >= 15 is 0 Å². The molecule has 90 valence electrons. The van der Waals surface area contributed by atoms with E-state index in [1.807, 2.05) is 7.05 Å².